The van der Waals surface area contributed by atoms with Crippen molar-refractivity contribution in [3.05, 3.63) is 40.8 Å². The van der Waals surface area contributed by atoms with Crippen LogP contribution >= 0.6 is 0 Å². The third-order valence-corrected chi connectivity index (χ3v) is 2.10. The van der Waals surface area contributed by atoms with Crippen LogP contribution in [0, 0.1) is 0 Å². The van der Waals surface area contributed by atoms with Gasteiger partial charge in [0.05, 0.1) is 0 Å². The molecule has 2 heterocycles. The number of pyridine rings is 2. The van der Waals surface area contributed by atoms with Crippen LogP contribution in [0.15, 0.2) is 35.3 Å². The van der Waals surface area contributed by atoms with E-state index in [9.17, 15) is 4.79 Å². The lowest BCUT2D eigenvalue weighted by molar-refractivity contribution is 0.552. The van der Waals surface area contributed by atoms with E-state index >= 15 is 0 Å². The molecule has 4 heteroatoms. The van der Waals surface area contributed by atoms with Crippen molar-refractivity contribution in [1.29, 1.82) is 0 Å². The molecule has 0 aliphatic rings. The molecule has 0 atom stereocenters. The molecule has 4 nitrogen and oxygen atoms in total. The molecule has 0 radical (unpaired) electrons. The van der Waals surface area contributed by atoms with Crippen LogP contribution in [-0.4, -0.2) is 15.2 Å². The molecule has 2 aromatic heterocycles. The van der Waals surface area contributed by atoms with Crippen LogP contribution in [0.4, 0.5) is 0 Å². The first-order valence-corrected chi connectivity index (χ1v) is 5.22. The summed E-state index contributed by atoms with van der Waals surface area (Å²) in [6.45, 7) is 6.00. The van der Waals surface area contributed by atoms with Gasteiger partial charge >= 0.3 is 0 Å². The van der Waals surface area contributed by atoms with Crippen molar-refractivity contribution in [2.24, 2.45) is 0 Å². The molecule has 0 saturated carbocycles. The van der Waals surface area contributed by atoms with Gasteiger partial charge in [-0.15, -0.1) is 0 Å². The first-order chi connectivity index (χ1) is 7.47. The molecule has 0 bridgehead atoms. The highest BCUT2D eigenvalue weighted by atomic mass is 16.1. The van der Waals surface area contributed by atoms with Crippen molar-refractivity contribution >= 4 is 11.0 Å². The maximum absolute atomic E-state index is 11.8. The molecule has 1 N–H and O–H groups in total. The summed E-state index contributed by atoms with van der Waals surface area (Å²) < 4.78 is 1.50. The van der Waals surface area contributed by atoms with Gasteiger partial charge < -0.3 is 5.43 Å². The Morgan fingerprint density at radius 2 is 2.00 bits per heavy atom. The summed E-state index contributed by atoms with van der Waals surface area (Å²) in [4.78, 5) is 16.0. The van der Waals surface area contributed by atoms with E-state index in [4.69, 9.17) is 0 Å². The Kier molecular flexibility index (Phi) is 2.42. The number of aromatic nitrogens is 2. The minimum atomic E-state index is -0.185. The minimum absolute atomic E-state index is 0.0962. The van der Waals surface area contributed by atoms with E-state index in [1.807, 2.05) is 32.9 Å². The quantitative estimate of drug-likeness (QED) is 0.791. The van der Waals surface area contributed by atoms with Crippen molar-refractivity contribution in [3.63, 3.8) is 0 Å². The van der Waals surface area contributed by atoms with Crippen molar-refractivity contribution in [2.45, 2.75) is 26.3 Å². The number of hydrogen-bond acceptors (Lipinski definition) is 3. The number of hydrogen-bond donors (Lipinski definition) is 1. The van der Waals surface area contributed by atoms with Gasteiger partial charge in [0.25, 0.3) is 5.56 Å². The molecular formula is C12H15N3O. The number of rotatable bonds is 1. The molecule has 16 heavy (non-hydrogen) atoms. The SMILES string of the molecule is CC(C)(C)Nn1c(=O)ccc2cccnc21. The number of fused-ring (bicyclic) bond motifs is 1. The summed E-state index contributed by atoms with van der Waals surface area (Å²) in [5, 5.41) is 0.943. The zero-order valence-electron chi connectivity index (χ0n) is 9.69. The fraction of sp³-hybridized carbons (Fsp3) is 0.333. The summed E-state index contributed by atoms with van der Waals surface area (Å²) >= 11 is 0. The van der Waals surface area contributed by atoms with Gasteiger partial charge in [-0.1, -0.05) is 0 Å². The fourth-order valence-electron chi connectivity index (χ4n) is 1.51. The van der Waals surface area contributed by atoms with Gasteiger partial charge in [-0.3, -0.25) is 4.79 Å². The third-order valence-electron chi connectivity index (χ3n) is 2.10. The summed E-state index contributed by atoms with van der Waals surface area (Å²) in [5.41, 5.74) is 3.51. The lowest BCUT2D eigenvalue weighted by Gasteiger charge is -2.23. The van der Waals surface area contributed by atoms with Crippen LogP contribution in [0.1, 0.15) is 20.8 Å². The van der Waals surface area contributed by atoms with Gasteiger partial charge in [-0.25, -0.2) is 9.66 Å². The molecule has 0 saturated heterocycles. The van der Waals surface area contributed by atoms with Crippen LogP contribution < -0.4 is 11.0 Å². The van der Waals surface area contributed by atoms with Gasteiger partial charge in [-0.05, 0) is 39.0 Å². The molecule has 0 aromatic carbocycles. The van der Waals surface area contributed by atoms with Crippen LogP contribution in [0.25, 0.3) is 11.0 Å². The second-order valence-corrected chi connectivity index (χ2v) is 4.79. The summed E-state index contributed by atoms with van der Waals surface area (Å²) in [5.74, 6) is 0. The number of nitrogens with zero attached hydrogens (tertiary/aromatic N) is 2. The molecular weight excluding hydrogens is 202 g/mol. The zero-order valence-corrected chi connectivity index (χ0v) is 9.69. The molecule has 0 fully saturated rings. The minimum Gasteiger partial charge on any atom is -0.316 e. The van der Waals surface area contributed by atoms with Gasteiger partial charge in [0, 0.05) is 23.2 Å². The standard InChI is InChI=1S/C12H15N3O/c1-12(2,3)14-15-10(16)7-6-9-5-4-8-13-11(9)15/h4-8,14H,1-3H3. The Morgan fingerprint density at radius 3 is 2.69 bits per heavy atom. The molecule has 2 aromatic rings. The lowest BCUT2D eigenvalue weighted by atomic mass is 10.1. The smallest absolute Gasteiger partial charge is 0.270 e. The zero-order chi connectivity index (χ0) is 11.8. The van der Waals surface area contributed by atoms with Crippen LogP contribution in [-0.2, 0) is 0 Å². The summed E-state index contributed by atoms with van der Waals surface area (Å²) in [6.07, 6.45) is 1.68. The molecule has 2 rings (SSSR count). The van der Waals surface area contributed by atoms with Gasteiger partial charge in [0.15, 0.2) is 5.65 Å². The third kappa shape index (κ3) is 2.05. The molecule has 84 valence electrons. The largest absolute Gasteiger partial charge is 0.316 e. The molecule has 0 spiro atoms. The van der Waals surface area contributed by atoms with E-state index in [1.165, 1.54) is 4.68 Å². The predicted octanol–water partition coefficient (Wildman–Crippen LogP) is 1.74. The Bertz CT molecular complexity index is 566. The maximum Gasteiger partial charge on any atom is 0.270 e. The maximum atomic E-state index is 11.8. The second-order valence-electron chi connectivity index (χ2n) is 4.79. The molecule has 0 unspecified atom stereocenters. The van der Waals surface area contributed by atoms with E-state index < -0.39 is 0 Å². The van der Waals surface area contributed by atoms with Crippen LogP contribution in [0.5, 0.6) is 0 Å². The highest BCUT2D eigenvalue weighted by Gasteiger charge is 2.12. The first-order valence-electron chi connectivity index (χ1n) is 5.22. The highest BCUT2D eigenvalue weighted by Crippen LogP contribution is 2.09. The molecule has 0 aliphatic heterocycles. The first kappa shape index (κ1) is 10.7. The van der Waals surface area contributed by atoms with Crippen molar-refractivity contribution in [2.75, 3.05) is 5.43 Å². The fourth-order valence-corrected chi connectivity index (χ4v) is 1.51. The van der Waals surface area contributed by atoms with Gasteiger partial charge in [0.1, 0.15) is 0 Å². The molecule has 0 amide bonds. The van der Waals surface area contributed by atoms with Gasteiger partial charge in [-0.2, -0.15) is 0 Å². The Balaban J connectivity index is 2.66. The normalized spacial score (nSPS) is 11.7. The van der Waals surface area contributed by atoms with E-state index in [0.29, 0.717) is 5.65 Å². The number of nitrogens with one attached hydrogen (secondary N) is 1. The van der Waals surface area contributed by atoms with E-state index in [0.717, 1.165) is 5.39 Å². The predicted molar refractivity (Wildman–Crippen MR) is 65.1 cm³/mol. The Hall–Kier alpha value is -1.84. The van der Waals surface area contributed by atoms with Crippen molar-refractivity contribution < 1.29 is 0 Å². The van der Waals surface area contributed by atoms with Crippen molar-refractivity contribution in [3.8, 4) is 0 Å². The Morgan fingerprint density at radius 1 is 1.25 bits per heavy atom. The van der Waals surface area contributed by atoms with Crippen LogP contribution in [0.3, 0.4) is 0 Å². The topological polar surface area (TPSA) is 46.9 Å². The monoisotopic (exact) mass is 217 g/mol. The second kappa shape index (κ2) is 3.63. The van der Waals surface area contributed by atoms with E-state index in [2.05, 4.69) is 10.4 Å². The molecule has 0 aliphatic carbocycles. The average Bonchev–Trinajstić information content (AvgIpc) is 2.21. The van der Waals surface area contributed by atoms with Gasteiger partial charge in [0.2, 0.25) is 0 Å². The Labute approximate surface area is 93.9 Å². The van der Waals surface area contributed by atoms with Crippen molar-refractivity contribution in [1.82, 2.24) is 9.66 Å². The van der Waals surface area contributed by atoms with E-state index in [1.54, 1.807) is 18.3 Å². The van der Waals surface area contributed by atoms with Crippen LogP contribution in [0.2, 0.25) is 0 Å². The summed E-state index contributed by atoms with van der Waals surface area (Å²) in [6, 6.07) is 7.12. The average molecular weight is 217 g/mol. The summed E-state index contributed by atoms with van der Waals surface area (Å²) in [7, 11) is 0. The highest BCUT2D eigenvalue weighted by molar-refractivity contribution is 5.74. The van der Waals surface area contributed by atoms with E-state index in [-0.39, 0.29) is 11.1 Å². The lowest BCUT2D eigenvalue weighted by Crippen LogP contribution is -2.40.